The Morgan fingerprint density at radius 2 is 1.82 bits per heavy atom. The second-order valence-electron chi connectivity index (χ2n) is 9.41. The summed E-state index contributed by atoms with van der Waals surface area (Å²) in [6.45, 7) is 10.9. The summed E-state index contributed by atoms with van der Waals surface area (Å²) >= 11 is 0. The minimum absolute atomic E-state index is 0.0766. The van der Waals surface area contributed by atoms with E-state index in [1.165, 1.54) is 0 Å². The van der Waals surface area contributed by atoms with Crippen LogP contribution in [0, 0.1) is 39.4 Å². The second-order valence-corrected chi connectivity index (χ2v) is 9.41. The minimum Gasteiger partial charge on any atom is -0.481 e. The summed E-state index contributed by atoms with van der Waals surface area (Å²) in [5.41, 5.74) is -2.05. The maximum Gasteiger partial charge on any atom is 0.327 e. The van der Waals surface area contributed by atoms with Gasteiger partial charge in [0.1, 0.15) is 12.2 Å². The molecule has 5 atom stereocenters. The van der Waals surface area contributed by atoms with E-state index in [1.807, 2.05) is 27.7 Å². The van der Waals surface area contributed by atoms with Crippen LogP contribution in [0.3, 0.4) is 0 Å². The van der Waals surface area contributed by atoms with Crippen LogP contribution < -0.4 is 0 Å². The molecule has 1 N–H and O–H groups in total. The van der Waals surface area contributed by atoms with Gasteiger partial charge in [0, 0.05) is 11.8 Å². The van der Waals surface area contributed by atoms with Crippen LogP contribution in [0.4, 0.5) is 0 Å². The number of nitrogens with zero attached hydrogens (tertiary/aromatic N) is 1. The maximum atomic E-state index is 12.2. The average molecular weight is 393 g/mol. The SMILES string of the molecule is CCC(C)(C)C(=O)O.CCC(C)(C)C(=O)OC1C2CC3C1OC(=O)C3(C#N)C2. The molecule has 0 aromatic rings. The lowest BCUT2D eigenvalue weighted by Gasteiger charge is -2.30. The normalized spacial score (nSPS) is 32.8. The number of carbonyl (C=O) groups excluding carboxylic acids is 2. The van der Waals surface area contributed by atoms with Gasteiger partial charge in [-0.3, -0.25) is 14.4 Å². The Labute approximate surface area is 166 Å². The Morgan fingerprint density at radius 3 is 2.25 bits per heavy atom. The van der Waals surface area contributed by atoms with Crippen molar-refractivity contribution in [3.05, 3.63) is 0 Å². The van der Waals surface area contributed by atoms with Crippen LogP contribution >= 0.6 is 0 Å². The lowest BCUT2D eigenvalue weighted by atomic mass is 9.74. The molecule has 2 aliphatic carbocycles. The second kappa shape index (κ2) is 7.38. The highest BCUT2D eigenvalue weighted by Gasteiger charge is 2.72. The topological polar surface area (TPSA) is 114 Å². The third-order valence-electron chi connectivity index (χ3n) is 6.91. The molecule has 2 saturated carbocycles. The van der Waals surface area contributed by atoms with Crippen LogP contribution in [0.1, 0.15) is 67.2 Å². The number of aliphatic carboxylic acids is 1. The minimum atomic E-state index is -0.974. The Hall–Kier alpha value is -2.10. The Kier molecular flexibility index (Phi) is 5.85. The van der Waals surface area contributed by atoms with E-state index in [0.29, 0.717) is 19.3 Å². The fourth-order valence-electron chi connectivity index (χ4n) is 3.87. The summed E-state index contributed by atoms with van der Waals surface area (Å²) in [6.07, 6.45) is 1.80. The summed E-state index contributed by atoms with van der Waals surface area (Å²) in [4.78, 5) is 34.4. The summed E-state index contributed by atoms with van der Waals surface area (Å²) < 4.78 is 11.0. The standard InChI is InChI=1S/C15H19NO4.C6H12O2/c1-4-14(2,3)12(17)19-10-8-5-9-11(10)20-13(18)15(9,6-8)7-16;1-4-6(2,3)5(7)8/h8-11H,4-6H2,1-3H3;4H2,1-3H3,(H,7,8). The molecule has 1 aliphatic heterocycles. The van der Waals surface area contributed by atoms with E-state index in [-0.39, 0.29) is 23.9 Å². The predicted molar refractivity (Wildman–Crippen MR) is 99.8 cm³/mol. The van der Waals surface area contributed by atoms with E-state index in [9.17, 15) is 19.6 Å². The Morgan fingerprint density at radius 1 is 1.25 bits per heavy atom. The van der Waals surface area contributed by atoms with Crippen molar-refractivity contribution >= 4 is 17.9 Å². The monoisotopic (exact) mass is 393 g/mol. The molecule has 3 aliphatic rings. The smallest absolute Gasteiger partial charge is 0.327 e. The third kappa shape index (κ3) is 3.49. The van der Waals surface area contributed by atoms with Gasteiger partial charge in [0.25, 0.3) is 0 Å². The van der Waals surface area contributed by atoms with Crippen molar-refractivity contribution in [2.24, 2.45) is 28.1 Å². The van der Waals surface area contributed by atoms with E-state index >= 15 is 0 Å². The van der Waals surface area contributed by atoms with E-state index in [1.54, 1.807) is 13.8 Å². The maximum absolute atomic E-state index is 12.2. The van der Waals surface area contributed by atoms with Crippen molar-refractivity contribution in [1.29, 1.82) is 5.26 Å². The van der Waals surface area contributed by atoms with Crippen molar-refractivity contribution in [3.8, 4) is 6.07 Å². The van der Waals surface area contributed by atoms with Gasteiger partial charge in [0.15, 0.2) is 5.41 Å². The van der Waals surface area contributed by atoms with E-state index in [0.717, 1.165) is 6.42 Å². The summed E-state index contributed by atoms with van der Waals surface area (Å²) in [5.74, 6) is -1.42. The van der Waals surface area contributed by atoms with Crippen LogP contribution in [-0.4, -0.2) is 35.2 Å². The van der Waals surface area contributed by atoms with Gasteiger partial charge < -0.3 is 14.6 Å². The van der Waals surface area contributed by atoms with Crippen molar-refractivity contribution in [2.45, 2.75) is 79.4 Å². The molecular weight excluding hydrogens is 362 g/mol. The van der Waals surface area contributed by atoms with Gasteiger partial charge in [-0.25, -0.2) is 0 Å². The van der Waals surface area contributed by atoms with Crippen molar-refractivity contribution in [1.82, 2.24) is 0 Å². The lowest BCUT2D eigenvalue weighted by Crippen LogP contribution is -2.42. The zero-order valence-corrected chi connectivity index (χ0v) is 17.6. The average Bonchev–Trinajstić information content (AvgIpc) is 3.24. The van der Waals surface area contributed by atoms with Crippen LogP contribution in [0.25, 0.3) is 0 Å². The quantitative estimate of drug-likeness (QED) is 0.713. The molecule has 2 bridgehead atoms. The molecule has 5 unspecified atom stereocenters. The summed E-state index contributed by atoms with van der Waals surface area (Å²) in [7, 11) is 0. The fraction of sp³-hybridized carbons (Fsp3) is 0.810. The molecule has 1 heterocycles. The van der Waals surface area contributed by atoms with Gasteiger partial charge in [0.05, 0.1) is 16.9 Å². The fourth-order valence-corrected chi connectivity index (χ4v) is 3.87. The highest BCUT2D eigenvalue weighted by molar-refractivity contribution is 5.84. The zero-order valence-electron chi connectivity index (χ0n) is 17.6. The molecule has 0 aromatic carbocycles. The first-order valence-electron chi connectivity index (χ1n) is 9.93. The molecule has 156 valence electrons. The molecule has 28 heavy (non-hydrogen) atoms. The van der Waals surface area contributed by atoms with Crippen molar-refractivity contribution in [2.75, 3.05) is 0 Å². The van der Waals surface area contributed by atoms with Crippen LogP contribution in [0.5, 0.6) is 0 Å². The molecule has 3 rings (SSSR count). The van der Waals surface area contributed by atoms with Gasteiger partial charge >= 0.3 is 17.9 Å². The largest absolute Gasteiger partial charge is 0.481 e. The Balaban J connectivity index is 0.000000300. The molecular formula is C21H31NO6. The number of carboxylic acid groups (broad SMARTS) is 1. The molecule has 1 saturated heterocycles. The van der Waals surface area contributed by atoms with Crippen LogP contribution in [-0.2, 0) is 23.9 Å². The number of carboxylic acids is 1. The van der Waals surface area contributed by atoms with Crippen LogP contribution in [0.2, 0.25) is 0 Å². The van der Waals surface area contributed by atoms with E-state index in [4.69, 9.17) is 14.6 Å². The van der Waals surface area contributed by atoms with E-state index in [2.05, 4.69) is 6.07 Å². The molecule has 0 spiro atoms. The number of nitriles is 1. The number of ether oxygens (including phenoxy) is 2. The summed E-state index contributed by atoms with van der Waals surface area (Å²) in [6, 6.07) is 2.15. The third-order valence-corrected chi connectivity index (χ3v) is 6.91. The van der Waals surface area contributed by atoms with Gasteiger partial charge in [-0.2, -0.15) is 5.26 Å². The van der Waals surface area contributed by atoms with E-state index < -0.39 is 34.3 Å². The van der Waals surface area contributed by atoms with Crippen molar-refractivity contribution < 1.29 is 29.0 Å². The van der Waals surface area contributed by atoms with Crippen LogP contribution in [0.15, 0.2) is 0 Å². The number of hydrogen-bond acceptors (Lipinski definition) is 6. The molecule has 0 aromatic heterocycles. The first kappa shape index (κ1) is 22.2. The highest BCUT2D eigenvalue weighted by Crippen LogP contribution is 2.62. The van der Waals surface area contributed by atoms with Crippen molar-refractivity contribution in [3.63, 3.8) is 0 Å². The molecule has 7 nitrogen and oxygen atoms in total. The zero-order chi connectivity index (χ0) is 21.5. The number of esters is 2. The molecule has 7 heteroatoms. The first-order valence-corrected chi connectivity index (χ1v) is 9.93. The summed E-state index contributed by atoms with van der Waals surface area (Å²) in [5, 5.41) is 17.8. The molecule has 0 amide bonds. The van der Waals surface area contributed by atoms with Gasteiger partial charge in [-0.15, -0.1) is 0 Å². The number of fused-ring (bicyclic) bond motifs is 1. The Bertz CT molecular complexity index is 706. The van der Waals surface area contributed by atoms with Gasteiger partial charge in [-0.05, 0) is 53.4 Å². The lowest BCUT2D eigenvalue weighted by molar-refractivity contribution is -0.170. The van der Waals surface area contributed by atoms with Gasteiger partial charge in [-0.1, -0.05) is 13.8 Å². The molecule has 3 fully saturated rings. The highest BCUT2D eigenvalue weighted by atomic mass is 16.6. The molecule has 0 radical (unpaired) electrons. The number of rotatable bonds is 5. The number of hydrogen-bond donors (Lipinski definition) is 1. The number of carbonyl (C=O) groups is 3. The first-order chi connectivity index (χ1) is 12.9. The van der Waals surface area contributed by atoms with Gasteiger partial charge in [0.2, 0.25) is 0 Å². The predicted octanol–water partition coefficient (Wildman–Crippen LogP) is 3.32.